The van der Waals surface area contributed by atoms with Crippen molar-refractivity contribution >= 4 is 5.91 Å². The van der Waals surface area contributed by atoms with Crippen molar-refractivity contribution in [3.8, 4) is 0 Å². The highest BCUT2D eigenvalue weighted by Gasteiger charge is 2.29. The van der Waals surface area contributed by atoms with Crippen molar-refractivity contribution < 1.29 is 9.32 Å². The molecule has 3 rings (SSSR count). The number of rotatable bonds is 4. The Balaban J connectivity index is 1.53. The molecule has 1 unspecified atom stereocenters. The average molecular weight is 334 g/mol. The highest BCUT2D eigenvalue weighted by atomic mass is 16.5. The molecule has 6 heteroatoms. The molecular weight excluding hydrogens is 304 g/mol. The van der Waals surface area contributed by atoms with Gasteiger partial charge in [-0.15, -0.1) is 0 Å². The van der Waals surface area contributed by atoms with Crippen molar-refractivity contribution in [2.45, 2.75) is 57.5 Å². The van der Waals surface area contributed by atoms with Gasteiger partial charge in [-0.25, -0.2) is 0 Å². The molecule has 0 bridgehead atoms. The summed E-state index contributed by atoms with van der Waals surface area (Å²) in [7, 11) is 2.19. The summed E-state index contributed by atoms with van der Waals surface area (Å²) in [5.74, 6) is 0.895. The fourth-order valence-electron chi connectivity index (χ4n) is 3.74. The molecule has 0 radical (unpaired) electrons. The Bertz CT molecular complexity index is 549. The molecule has 24 heavy (non-hydrogen) atoms. The van der Waals surface area contributed by atoms with Crippen molar-refractivity contribution in [3.05, 3.63) is 17.5 Å². The second kappa shape index (κ2) is 7.66. The first kappa shape index (κ1) is 17.4. The van der Waals surface area contributed by atoms with E-state index in [4.69, 9.17) is 4.52 Å². The van der Waals surface area contributed by atoms with E-state index in [-0.39, 0.29) is 17.9 Å². The zero-order chi connectivity index (χ0) is 17.1. The number of carbonyl (C=O) groups excluding carboxylic acids is 1. The molecule has 0 aromatic carbocycles. The number of amides is 1. The van der Waals surface area contributed by atoms with Gasteiger partial charge >= 0.3 is 0 Å². The van der Waals surface area contributed by atoms with Crippen LogP contribution in [-0.2, 0) is 0 Å². The van der Waals surface area contributed by atoms with Crippen molar-refractivity contribution in [1.29, 1.82) is 0 Å². The van der Waals surface area contributed by atoms with Gasteiger partial charge in [0.15, 0.2) is 5.69 Å². The third-order valence-corrected chi connectivity index (χ3v) is 5.32. The standard InChI is InChI=1S/C18H30N4O2/c1-13(2)17-11-16(20-24-17)18(23)19-14-5-4-8-22(12-14)15-6-9-21(3)10-7-15/h11,13-15H,4-10,12H2,1-3H3,(H,19,23). The Morgan fingerprint density at radius 1 is 1.29 bits per heavy atom. The molecule has 6 nitrogen and oxygen atoms in total. The third-order valence-electron chi connectivity index (χ3n) is 5.32. The van der Waals surface area contributed by atoms with Crippen LogP contribution in [0.5, 0.6) is 0 Å². The molecule has 1 aromatic rings. The van der Waals surface area contributed by atoms with Crippen molar-refractivity contribution in [1.82, 2.24) is 20.3 Å². The maximum Gasteiger partial charge on any atom is 0.273 e. The summed E-state index contributed by atoms with van der Waals surface area (Å²) in [5.41, 5.74) is 0.398. The van der Waals surface area contributed by atoms with E-state index in [0.717, 1.165) is 31.7 Å². The van der Waals surface area contributed by atoms with Crippen LogP contribution in [0.15, 0.2) is 10.6 Å². The fourth-order valence-corrected chi connectivity index (χ4v) is 3.74. The molecule has 2 fully saturated rings. The van der Waals surface area contributed by atoms with Gasteiger partial charge in [0.1, 0.15) is 5.76 Å². The van der Waals surface area contributed by atoms with Crippen molar-refractivity contribution in [2.75, 3.05) is 33.2 Å². The Morgan fingerprint density at radius 3 is 2.71 bits per heavy atom. The monoisotopic (exact) mass is 334 g/mol. The van der Waals surface area contributed by atoms with Gasteiger partial charge < -0.3 is 14.7 Å². The van der Waals surface area contributed by atoms with Crippen LogP contribution in [0.2, 0.25) is 0 Å². The summed E-state index contributed by atoms with van der Waals surface area (Å²) < 4.78 is 5.24. The zero-order valence-corrected chi connectivity index (χ0v) is 15.1. The minimum atomic E-state index is -0.110. The first-order chi connectivity index (χ1) is 11.5. The predicted octanol–water partition coefficient (Wildman–Crippen LogP) is 2.09. The molecule has 1 amide bonds. The molecule has 2 saturated heterocycles. The van der Waals surface area contributed by atoms with Crippen LogP contribution in [0.1, 0.15) is 61.7 Å². The number of aromatic nitrogens is 1. The second-order valence-electron chi connectivity index (χ2n) is 7.61. The Kier molecular flexibility index (Phi) is 5.56. The van der Waals surface area contributed by atoms with Gasteiger partial charge in [-0.05, 0) is 52.4 Å². The first-order valence-corrected chi connectivity index (χ1v) is 9.23. The lowest BCUT2D eigenvalue weighted by atomic mass is 9.98. The van der Waals surface area contributed by atoms with Crippen LogP contribution in [0.4, 0.5) is 0 Å². The lowest BCUT2D eigenvalue weighted by Crippen LogP contribution is -2.53. The number of hydrogen-bond acceptors (Lipinski definition) is 5. The summed E-state index contributed by atoms with van der Waals surface area (Å²) in [6.07, 6.45) is 4.66. The van der Waals surface area contributed by atoms with Gasteiger partial charge in [0.25, 0.3) is 5.91 Å². The highest BCUT2D eigenvalue weighted by molar-refractivity contribution is 5.92. The summed E-state index contributed by atoms with van der Waals surface area (Å²) in [5, 5.41) is 7.07. The van der Waals surface area contributed by atoms with Gasteiger partial charge in [-0.2, -0.15) is 0 Å². The molecule has 134 valence electrons. The SMILES string of the molecule is CC(C)c1cc(C(=O)NC2CCCN(C3CCN(C)CC3)C2)no1. The normalized spacial score (nSPS) is 24.4. The Labute approximate surface area is 144 Å². The smallest absolute Gasteiger partial charge is 0.273 e. The Morgan fingerprint density at radius 2 is 2.04 bits per heavy atom. The number of nitrogens with one attached hydrogen (secondary N) is 1. The maximum absolute atomic E-state index is 12.4. The molecule has 2 aliphatic rings. The second-order valence-corrected chi connectivity index (χ2v) is 7.61. The summed E-state index contributed by atoms with van der Waals surface area (Å²) >= 11 is 0. The van der Waals surface area contributed by atoms with Gasteiger partial charge in [0.05, 0.1) is 0 Å². The number of hydrogen-bond donors (Lipinski definition) is 1. The van der Waals surface area contributed by atoms with E-state index >= 15 is 0 Å². The Hall–Kier alpha value is -1.40. The molecular formula is C18H30N4O2. The number of piperidine rings is 2. The van der Waals surface area contributed by atoms with E-state index in [0.29, 0.717) is 11.7 Å². The van der Waals surface area contributed by atoms with E-state index in [2.05, 4.69) is 27.3 Å². The van der Waals surface area contributed by atoms with Crippen LogP contribution >= 0.6 is 0 Å². The first-order valence-electron chi connectivity index (χ1n) is 9.23. The van der Waals surface area contributed by atoms with Crippen LogP contribution in [0.25, 0.3) is 0 Å². The molecule has 0 aliphatic carbocycles. The number of carbonyl (C=O) groups is 1. The van der Waals surface area contributed by atoms with Crippen LogP contribution < -0.4 is 5.32 Å². The quantitative estimate of drug-likeness (QED) is 0.913. The number of nitrogens with zero attached hydrogens (tertiary/aromatic N) is 3. The fraction of sp³-hybridized carbons (Fsp3) is 0.778. The maximum atomic E-state index is 12.4. The minimum Gasteiger partial charge on any atom is -0.360 e. The van der Waals surface area contributed by atoms with Crippen molar-refractivity contribution in [2.24, 2.45) is 0 Å². The summed E-state index contributed by atoms with van der Waals surface area (Å²) in [6.45, 7) is 8.52. The summed E-state index contributed by atoms with van der Waals surface area (Å²) in [4.78, 5) is 17.4. The largest absolute Gasteiger partial charge is 0.360 e. The average Bonchev–Trinajstić information content (AvgIpc) is 3.06. The third kappa shape index (κ3) is 4.16. The van der Waals surface area contributed by atoms with Crippen LogP contribution in [0.3, 0.4) is 0 Å². The number of likely N-dealkylation sites (tertiary alicyclic amines) is 2. The lowest BCUT2D eigenvalue weighted by molar-refractivity contribution is 0.0761. The van der Waals surface area contributed by atoms with E-state index < -0.39 is 0 Å². The molecule has 0 saturated carbocycles. The molecule has 1 N–H and O–H groups in total. The predicted molar refractivity (Wildman–Crippen MR) is 93.2 cm³/mol. The van der Waals surface area contributed by atoms with Crippen LogP contribution in [-0.4, -0.2) is 66.2 Å². The molecule has 1 atom stereocenters. The van der Waals surface area contributed by atoms with Gasteiger partial charge in [0, 0.05) is 30.6 Å². The molecule has 1 aromatic heterocycles. The van der Waals surface area contributed by atoms with Crippen molar-refractivity contribution in [3.63, 3.8) is 0 Å². The van der Waals surface area contributed by atoms with E-state index in [1.54, 1.807) is 6.07 Å². The van der Waals surface area contributed by atoms with E-state index in [1.807, 2.05) is 13.8 Å². The lowest BCUT2D eigenvalue weighted by Gasteiger charge is -2.41. The summed E-state index contributed by atoms with van der Waals surface area (Å²) in [6, 6.07) is 2.64. The van der Waals surface area contributed by atoms with E-state index in [9.17, 15) is 4.79 Å². The van der Waals surface area contributed by atoms with Crippen LogP contribution in [0, 0.1) is 0 Å². The topological polar surface area (TPSA) is 61.6 Å². The molecule has 2 aliphatic heterocycles. The van der Waals surface area contributed by atoms with E-state index in [1.165, 1.54) is 25.9 Å². The zero-order valence-electron chi connectivity index (χ0n) is 15.1. The van der Waals surface area contributed by atoms with Gasteiger partial charge in [-0.1, -0.05) is 19.0 Å². The minimum absolute atomic E-state index is 0.110. The highest BCUT2D eigenvalue weighted by Crippen LogP contribution is 2.21. The molecule has 0 spiro atoms. The van der Waals surface area contributed by atoms with Gasteiger partial charge in [0.2, 0.25) is 0 Å². The van der Waals surface area contributed by atoms with Gasteiger partial charge in [-0.3, -0.25) is 9.69 Å². The molecule has 3 heterocycles.